The van der Waals surface area contributed by atoms with Gasteiger partial charge in [-0.15, -0.1) is 0 Å². The van der Waals surface area contributed by atoms with Crippen molar-refractivity contribution in [3.63, 3.8) is 0 Å². The number of nitrogens with one attached hydrogen (secondary N) is 1. The second-order valence-electron chi connectivity index (χ2n) is 5.16. The summed E-state index contributed by atoms with van der Waals surface area (Å²) in [6, 6.07) is 7.35. The molecule has 0 saturated heterocycles. The summed E-state index contributed by atoms with van der Waals surface area (Å²) in [6.07, 6.45) is 8.21. The van der Waals surface area contributed by atoms with Crippen molar-refractivity contribution < 1.29 is 14.3 Å². The number of ether oxygens (including phenoxy) is 1. The van der Waals surface area contributed by atoms with E-state index in [-0.39, 0.29) is 11.9 Å². The topological polar surface area (TPSA) is 73.2 Å². The number of esters is 1. The van der Waals surface area contributed by atoms with Gasteiger partial charge in [0, 0.05) is 36.6 Å². The standard InChI is InChI=1S/C17H21N3O3/c1-23-16(21)5-3-2-4-10-19-17(22)14-6-8-15(9-7-14)20-12-11-18-13-20/h6-9,11-13H,2-5,10H2,1H3,(H,19,22). The van der Waals surface area contributed by atoms with Crippen LogP contribution < -0.4 is 5.32 Å². The molecule has 0 spiro atoms. The molecule has 1 aromatic carbocycles. The number of carbonyl (C=O) groups is 2. The Bertz CT molecular complexity index is 621. The summed E-state index contributed by atoms with van der Waals surface area (Å²) >= 11 is 0. The first kappa shape index (κ1) is 16.7. The molecular weight excluding hydrogens is 294 g/mol. The highest BCUT2D eigenvalue weighted by atomic mass is 16.5. The maximum Gasteiger partial charge on any atom is 0.305 e. The van der Waals surface area contributed by atoms with Gasteiger partial charge in [-0.1, -0.05) is 6.42 Å². The largest absolute Gasteiger partial charge is 0.469 e. The molecule has 0 radical (unpaired) electrons. The van der Waals surface area contributed by atoms with Crippen molar-refractivity contribution >= 4 is 11.9 Å². The van der Waals surface area contributed by atoms with Gasteiger partial charge in [-0.2, -0.15) is 0 Å². The Hall–Kier alpha value is -2.63. The van der Waals surface area contributed by atoms with Crippen LogP contribution in [0.3, 0.4) is 0 Å². The Morgan fingerprint density at radius 2 is 1.96 bits per heavy atom. The summed E-state index contributed by atoms with van der Waals surface area (Å²) in [5.41, 5.74) is 1.59. The number of unbranched alkanes of at least 4 members (excludes halogenated alkanes) is 2. The van der Waals surface area contributed by atoms with Crippen molar-refractivity contribution in [2.45, 2.75) is 25.7 Å². The van der Waals surface area contributed by atoms with Crippen molar-refractivity contribution in [1.29, 1.82) is 0 Å². The first-order chi connectivity index (χ1) is 11.2. The van der Waals surface area contributed by atoms with Gasteiger partial charge in [0.25, 0.3) is 5.91 Å². The Labute approximate surface area is 135 Å². The molecule has 1 amide bonds. The highest BCUT2D eigenvalue weighted by molar-refractivity contribution is 5.94. The van der Waals surface area contributed by atoms with Crippen LogP contribution in [0.15, 0.2) is 43.0 Å². The number of rotatable bonds is 8. The summed E-state index contributed by atoms with van der Waals surface area (Å²) in [5, 5.41) is 2.88. The smallest absolute Gasteiger partial charge is 0.305 e. The highest BCUT2D eigenvalue weighted by Crippen LogP contribution is 2.09. The SMILES string of the molecule is COC(=O)CCCCCNC(=O)c1ccc(-n2ccnc2)cc1. The number of hydrogen-bond donors (Lipinski definition) is 1. The summed E-state index contributed by atoms with van der Waals surface area (Å²) < 4.78 is 6.45. The zero-order valence-corrected chi connectivity index (χ0v) is 13.2. The number of aromatic nitrogens is 2. The molecule has 2 rings (SSSR count). The second-order valence-corrected chi connectivity index (χ2v) is 5.16. The molecule has 0 aliphatic rings. The van der Waals surface area contributed by atoms with Crippen molar-refractivity contribution in [3.8, 4) is 5.69 Å². The van der Waals surface area contributed by atoms with Gasteiger partial charge in [-0.25, -0.2) is 4.98 Å². The molecule has 1 aromatic heterocycles. The maximum atomic E-state index is 12.0. The Balaban J connectivity index is 1.70. The lowest BCUT2D eigenvalue weighted by Crippen LogP contribution is -2.24. The fourth-order valence-corrected chi connectivity index (χ4v) is 2.17. The zero-order chi connectivity index (χ0) is 16.5. The number of carbonyl (C=O) groups excluding carboxylic acids is 2. The Morgan fingerprint density at radius 3 is 2.61 bits per heavy atom. The molecule has 0 atom stereocenters. The third-order valence-electron chi connectivity index (χ3n) is 3.50. The van der Waals surface area contributed by atoms with Crippen LogP contribution in [0, 0.1) is 0 Å². The van der Waals surface area contributed by atoms with E-state index in [1.165, 1.54) is 7.11 Å². The number of nitrogens with zero attached hydrogens (tertiary/aromatic N) is 2. The number of benzene rings is 1. The lowest BCUT2D eigenvalue weighted by molar-refractivity contribution is -0.140. The van der Waals surface area contributed by atoms with Crippen LogP contribution in [0.5, 0.6) is 0 Å². The first-order valence-electron chi connectivity index (χ1n) is 7.64. The Morgan fingerprint density at radius 1 is 1.17 bits per heavy atom. The van der Waals surface area contributed by atoms with E-state index in [0.717, 1.165) is 24.9 Å². The summed E-state index contributed by atoms with van der Waals surface area (Å²) in [4.78, 5) is 27.0. The Kier molecular flexibility index (Phi) is 6.35. The molecule has 1 N–H and O–H groups in total. The molecule has 0 aliphatic heterocycles. The lowest BCUT2D eigenvalue weighted by atomic mass is 10.1. The zero-order valence-electron chi connectivity index (χ0n) is 13.2. The summed E-state index contributed by atoms with van der Waals surface area (Å²) in [5.74, 6) is -0.276. The van der Waals surface area contributed by atoms with Gasteiger partial charge in [0.15, 0.2) is 0 Å². The van der Waals surface area contributed by atoms with Crippen molar-refractivity contribution in [1.82, 2.24) is 14.9 Å². The van der Waals surface area contributed by atoms with Gasteiger partial charge >= 0.3 is 5.97 Å². The van der Waals surface area contributed by atoms with Crippen molar-refractivity contribution in [2.24, 2.45) is 0 Å². The van der Waals surface area contributed by atoms with E-state index in [0.29, 0.717) is 18.5 Å². The minimum atomic E-state index is -0.188. The van der Waals surface area contributed by atoms with E-state index >= 15 is 0 Å². The van der Waals surface area contributed by atoms with Gasteiger partial charge < -0.3 is 14.6 Å². The molecule has 23 heavy (non-hydrogen) atoms. The molecule has 6 heteroatoms. The van der Waals surface area contributed by atoms with Gasteiger partial charge in [-0.3, -0.25) is 9.59 Å². The number of amides is 1. The minimum absolute atomic E-state index is 0.0878. The van der Waals surface area contributed by atoms with Crippen molar-refractivity contribution in [3.05, 3.63) is 48.5 Å². The van der Waals surface area contributed by atoms with Gasteiger partial charge in [0.1, 0.15) is 0 Å². The normalized spacial score (nSPS) is 10.3. The highest BCUT2D eigenvalue weighted by Gasteiger charge is 2.05. The van der Waals surface area contributed by atoms with E-state index in [9.17, 15) is 9.59 Å². The number of hydrogen-bond acceptors (Lipinski definition) is 4. The minimum Gasteiger partial charge on any atom is -0.469 e. The van der Waals surface area contributed by atoms with Crippen molar-refractivity contribution in [2.75, 3.05) is 13.7 Å². The number of imidazole rings is 1. The quantitative estimate of drug-likeness (QED) is 0.599. The summed E-state index contributed by atoms with van der Waals surface area (Å²) in [7, 11) is 1.39. The number of methoxy groups -OCH3 is 1. The van der Waals surface area contributed by atoms with Gasteiger partial charge in [-0.05, 0) is 37.1 Å². The van der Waals surface area contributed by atoms with Gasteiger partial charge in [0.05, 0.1) is 13.4 Å². The maximum absolute atomic E-state index is 12.0. The third kappa shape index (κ3) is 5.25. The molecule has 0 bridgehead atoms. The van der Waals surface area contributed by atoms with E-state index in [1.807, 2.05) is 22.9 Å². The van der Waals surface area contributed by atoms with Crippen LogP contribution >= 0.6 is 0 Å². The third-order valence-corrected chi connectivity index (χ3v) is 3.50. The van der Waals surface area contributed by atoms with Gasteiger partial charge in [0.2, 0.25) is 0 Å². The second kappa shape index (κ2) is 8.73. The monoisotopic (exact) mass is 315 g/mol. The molecule has 0 unspecified atom stereocenters. The molecule has 2 aromatic rings. The fourth-order valence-electron chi connectivity index (χ4n) is 2.17. The van der Waals surface area contributed by atoms with E-state index in [1.54, 1.807) is 24.7 Å². The molecule has 122 valence electrons. The van der Waals surface area contributed by atoms with Crippen LogP contribution in [0.2, 0.25) is 0 Å². The average Bonchev–Trinajstić information content (AvgIpc) is 3.12. The fraction of sp³-hybridized carbons (Fsp3) is 0.353. The van der Waals surface area contributed by atoms with E-state index in [4.69, 9.17) is 0 Å². The molecule has 0 fully saturated rings. The molecule has 6 nitrogen and oxygen atoms in total. The van der Waals surface area contributed by atoms with Crippen LogP contribution in [-0.2, 0) is 9.53 Å². The predicted octanol–water partition coefficient (Wildman–Crippen LogP) is 2.34. The van der Waals surface area contributed by atoms with E-state index < -0.39 is 0 Å². The predicted molar refractivity (Wildman–Crippen MR) is 86.4 cm³/mol. The molecular formula is C17H21N3O3. The molecule has 1 heterocycles. The van der Waals surface area contributed by atoms with Crippen LogP contribution in [0.1, 0.15) is 36.0 Å². The average molecular weight is 315 g/mol. The van der Waals surface area contributed by atoms with Crippen LogP contribution in [0.4, 0.5) is 0 Å². The van der Waals surface area contributed by atoms with Crippen LogP contribution in [-0.4, -0.2) is 35.1 Å². The first-order valence-corrected chi connectivity index (χ1v) is 7.64. The van der Waals surface area contributed by atoms with E-state index in [2.05, 4.69) is 15.0 Å². The molecule has 0 saturated carbocycles. The summed E-state index contributed by atoms with van der Waals surface area (Å²) in [6.45, 7) is 0.600. The molecule has 0 aliphatic carbocycles. The lowest BCUT2D eigenvalue weighted by Gasteiger charge is -2.07. The van der Waals surface area contributed by atoms with Crippen LogP contribution in [0.25, 0.3) is 5.69 Å².